The molecule has 28 heavy (non-hydrogen) atoms. The lowest BCUT2D eigenvalue weighted by Crippen LogP contribution is -2.40. The molecule has 0 amide bonds. The second-order valence-corrected chi connectivity index (χ2v) is 10.4. The third-order valence-corrected chi connectivity index (χ3v) is 8.22. The van der Waals surface area contributed by atoms with Crippen molar-refractivity contribution in [1.82, 2.24) is 24.5 Å². The molecule has 2 heterocycles. The summed E-state index contributed by atoms with van der Waals surface area (Å²) in [6, 6.07) is 6.15. The standard InChI is InChI=1S/C18H27N5O3S2/c1-14-5-6-16(13-15(14)2)23-18(19-20-21-23)27-17-7-9-22(10-8-17)28(24,25)12-4-11-26-3/h5-6,13,17H,4,7-12H2,1-3H3. The molecule has 0 unspecified atom stereocenters. The molecule has 1 saturated heterocycles. The zero-order chi connectivity index (χ0) is 20.1. The largest absolute Gasteiger partial charge is 0.385 e. The molecule has 0 atom stereocenters. The molecule has 0 spiro atoms. The first kappa shape index (κ1) is 21.2. The number of thioether (sulfide) groups is 1. The van der Waals surface area contributed by atoms with Crippen molar-refractivity contribution >= 4 is 21.8 Å². The Hall–Kier alpha value is -1.49. The third kappa shape index (κ3) is 5.11. The van der Waals surface area contributed by atoms with Gasteiger partial charge in [-0.15, -0.1) is 5.10 Å². The molecule has 0 N–H and O–H groups in total. The summed E-state index contributed by atoms with van der Waals surface area (Å²) in [7, 11) is -1.62. The van der Waals surface area contributed by atoms with Crippen LogP contribution in [0.4, 0.5) is 0 Å². The molecule has 8 nitrogen and oxygen atoms in total. The van der Waals surface area contributed by atoms with Crippen LogP contribution in [0.3, 0.4) is 0 Å². The van der Waals surface area contributed by atoms with Gasteiger partial charge in [-0.2, -0.15) is 4.68 Å². The van der Waals surface area contributed by atoms with Gasteiger partial charge in [0.15, 0.2) is 0 Å². The minimum absolute atomic E-state index is 0.143. The van der Waals surface area contributed by atoms with Crippen molar-refractivity contribution in [3.8, 4) is 5.69 Å². The Morgan fingerprint density at radius 2 is 1.96 bits per heavy atom. The van der Waals surface area contributed by atoms with Crippen LogP contribution in [0, 0.1) is 13.8 Å². The average molecular weight is 426 g/mol. The first-order valence-electron chi connectivity index (χ1n) is 9.40. The van der Waals surface area contributed by atoms with Crippen LogP contribution in [0.15, 0.2) is 23.4 Å². The number of methoxy groups -OCH3 is 1. The van der Waals surface area contributed by atoms with Crippen molar-refractivity contribution in [2.24, 2.45) is 0 Å². The van der Waals surface area contributed by atoms with E-state index in [1.54, 1.807) is 27.9 Å². The fourth-order valence-corrected chi connectivity index (χ4v) is 5.74. The SMILES string of the molecule is COCCCS(=O)(=O)N1CCC(Sc2nnnn2-c2ccc(C)c(C)c2)CC1. The fourth-order valence-electron chi connectivity index (χ4n) is 3.16. The Kier molecular flexibility index (Phi) is 7.08. The van der Waals surface area contributed by atoms with Gasteiger partial charge in [0.2, 0.25) is 15.2 Å². The number of rotatable bonds is 8. The van der Waals surface area contributed by atoms with Crippen LogP contribution in [0.1, 0.15) is 30.4 Å². The van der Waals surface area contributed by atoms with Gasteiger partial charge in [0.1, 0.15) is 0 Å². The topological polar surface area (TPSA) is 90.2 Å². The van der Waals surface area contributed by atoms with Crippen molar-refractivity contribution in [2.75, 3.05) is 32.6 Å². The monoisotopic (exact) mass is 425 g/mol. The summed E-state index contributed by atoms with van der Waals surface area (Å²) in [6.45, 7) is 5.69. The molecule has 1 aliphatic heterocycles. The molecule has 1 aromatic heterocycles. The Labute approximate surface area is 170 Å². The van der Waals surface area contributed by atoms with E-state index >= 15 is 0 Å². The normalized spacial score (nSPS) is 16.5. The summed E-state index contributed by atoms with van der Waals surface area (Å²) in [5.41, 5.74) is 3.36. The van der Waals surface area contributed by atoms with Crippen LogP contribution >= 0.6 is 11.8 Å². The van der Waals surface area contributed by atoms with Crippen LogP contribution in [0.2, 0.25) is 0 Å². The van der Waals surface area contributed by atoms with E-state index in [-0.39, 0.29) is 5.75 Å². The molecular formula is C18H27N5O3S2. The quantitative estimate of drug-likeness (QED) is 0.599. The summed E-state index contributed by atoms with van der Waals surface area (Å²) in [5, 5.41) is 13.2. The minimum Gasteiger partial charge on any atom is -0.385 e. The number of nitrogens with zero attached hydrogens (tertiary/aromatic N) is 5. The van der Waals surface area contributed by atoms with Crippen LogP contribution in [-0.2, 0) is 14.8 Å². The lowest BCUT2D eigenvalue weighted by atomic mass is 10.1. The zero-order valence-electron chi connectivity index (χ0n) is 16.5. The van der Waals surface area contributed by atoms with E-state index < -0.39 is 10.0 Å². The Morgan fingerprint density at radius 1 is 1.21 bits per heavy atom. The fraction of sp³-hybridized carbons (Fsp3) is 0.611. The van der Waals surface area contributed by atoms with Crippen LogP contribution in [0.5, 0.6) is 0 Å². The molecule has 0 aliphatic carbocycles. The summed E-state index contributed by atoms with van der Waals surface area (Å²) in [5.74, 6) is 0.143. The van der Waals surface area contributed by atoms with Crippen LogP contribution in [0.25, 0.3) is 5.69 Å². The molecule has 1 aromatic carbocycles. The predicted molar refractivity (Wildman–Crippen MR) is 109 cm³/mol. The summed E-state index contributed by atoms with van der Waals surface area (Å²) in [4.78, 5) is 0. The number of aromatic nitrogens is 4. The predicted octanol–water partition coefficient (Wildman–Crippen LogP) is 2.20. The van der Waals surface area contributed by atoms with Crippen molar-refractivity contribution in [3.63, 3.8) is 0 Å². The number of tetrazole rings is 1. The van der Waals surface area contributed by atoms with Gasteiger partial charge in [0, 0.05) is 32.1 Å². The van der Waals surface area contributed by atoms with Crippen LogP contribution < -0.4 is 0 Å². The third-order valence-electron chi connectivity index (χ3n) is 4.99. The van der Waals surface area contributed by atoms with Gasteiger partial charge in [-0.3, -0.25) is 0 Å². The second-order valence-electron chi connectivity index (χ2n) is 7.02. The van der Waals surface area contributed by atoms with Crippen molar-refractivity contribution in [1.29, 1.82) is 0 Å². The number of sulfonamides is 1. The molecule has 1 aliphatic rings. The molecule has 10 heteroatoms. The summed E-state index contributed by atoms with van der Waals surface area (Å²) >= 11 is 1.62. The molecule has 2 aromatic rings. The first-order chi connectivity index (χ1) is 13.4. The molecule has 0 bridgehead atoms. The van der Waals surface area contributed by atoms with E-state index in [1.807, 2.05) is 6.07 Å². The first-order valence-corrected chi connectivity index (χ1v) is 11.9. The zero-order valence-corrected chi connectivity index (χ0v) is 18.2. The van der Waals surface area contributed by atoms with Gasteiger partial charge >= 0.3 is 0 Å². The lowest BCUT2D eigenvalue weighted by Gasteiger charge is -2.30. The highest BCUT2D eigenvalue weighted by molar-refractivity contribution is 7.99. The maximum Gasteiger partial charge on any atom is 0.214 e. The van der Waals surface area contributed by atoms with Gasteiger partial charge in [-0.25, -0.2) is 12.7 Å². The van der Waals surface area contributed by atoms with E-state index in [1.165, 1.54) is 11.1 Å². The van der Waals surface area contributed by atoms with Gasteiger partial charge in [-0.05, 0) is 66.8 Å². The average Bonchev–Trinajstić information content (AvgIpc) is 3.13. The van der Waals surface area contributed by atoms with E-state index in [0.29, 0.717) is 31.4 Å². The van der Waals surface area contributed by atoms with Gasteiger partial charge in [-0.1, -0.05) is 17.8 Å². The van der Waals surface area contributed by atoms with E-state index in [0.717, 1.165) is 23.7 Å². The van der Waals surface area contributed by atoms with Crippen molar-refractivity contribution in [2.45, 2.75) is 43.5 Å². The maximum absolute atomic E-state index is 12.4. The van der Waals surface area contributed by atoms with Crippen LogP contribution in [-0.4, -0.2) is 70.7 Å². The number of hydrogen-bond acceptors (Lipinski definition) is 7. The minimum atomic E-state index is -3.20. The van der Waals surface area contributed by atoms with Crippen molar-refractivity contribution in [3.05, 3.63) is 29.3 Å². The maximum atomic E-state index is 12.4. The summed E-state index contributed by atoms with van der Waals surface area (Å²) in [6.07, 6.45) is 2.10. The molecule has 154 valence electrons. The van der Waals surface area contributed by atoms with E-state index in [9.17, 15) is 8.42 Å². The molecule has 3 rings (SSSR count). The number of benzene rings is 1. The summed E-state index contributed by atoms with van der Waals surface area (Å²) < 4.78 is 33.1. The second kappa shape index (κ2) is 9.34. The number of hydrogen-bond donors (Lipinski definition) is 0. The Morgan fingerprint density at radius 3 is 2.64 bits per heavy atom. The Balaban J connectivity index is 1.60. The highest BCUT2D eigenvalue weighted by Gasteiger charge is 2.29. The van der Waals surface area contributed by atoms with Gasteiger partial charge in [0.25, 0.3) is 0 Å². The highest BCUT2D eigenvalue weighted by atomic mass is 32.2. The number of aryl methyl sites for hydroxylation is 2. The Bertz CT molecular complexity index is 892. The van der Waals surface area contributed by atoms with Crippen molar-refractivity contribution < 1.29 is 13.2 Å². The molecule has 0 saturated carbocycles. The van der Waals surface area contributed by atoms with E-state index in [4.69, 9.17) is 4.74 Å². The van der Waals surface area contributed by atoms with Gasteiger partial charge in [0.05, 0.1) is 11.4 Å². The highest BCUT2D eigenvalue weighted by Crippen LogP contribution is 2.31. The van der Waals surface area contributed by atoms with Gasteiger partial charge < -0.3 is 4.74 Å². The number of ether oxygens (including phenoxy) is 1. The molecular weight excluding hydrogens is 398 g/mol. The number of piperidine rings is 1. The molecule has 0 radical (unpaired) electrons. The molecule has 1 fully saturated rings. The lowest BCUT2D eigenvalue weighted by molar-refractivity contribution is 0.199. The smallest absolute Gasteiger partial charge is 0.214 e. The van der Waals surface area contributed by atoms with E-state index in [2.05, 4.69) is 41.5 Å².